The van der Waals surface area contributed by atoms with E-state index in [1.807, 2.05) is 32.0 Å². The second-order valence-corrected chi connectivity index (χ2v) is 10.3. The molecule has 0 spiro atoms. The maximum atomic E-state index is 12.7. The summed E-state index contributed by atoms with van der Waals surface area (Å²) in [7, 11) is 0. The van der Waals surface area contributed by atoms with Crippen LogP contribution in [0.5, 0.6) is 11.5 Å². The second-order valence-electron chi connectivity index (χ2n) is 9.58. The summed E-state index contributed by atoms with van der Waals surface area (Å²) in [6.07, 6.45) is -3.74. The van der Waals surface area contributed by atoms with E-state index in [1.54, 1.807) is 4.90 Å². The van der Waals surface area contributed by atoms with Crippen LogP contribution in [0, 0.1) is 17.0 Å². The Morgan fingerprint density at radius 1 is 0.979 bits per heavy atom. The number of nitrogens with zero attached hydrogens (tertiary/aromatic N) is 2. The minimum absolute atomic E-state index is 0.0371. The number of hydrogen-bond acceptors (Lipinski definition) is 9. The van der Waals surface area contributed by atoms with E-state index in [2.05, 4.69) is 11.7 Å². The number of halogens is 5. The van der Waals surface area contributed by atoms with Gasteiger partial charge in [0.15, 0.2) is 6.61 Å². The monoisotopic (exact) mass is 716 g/mol. The zero-order valence-electron chi connectivity index (χ0n) is 26.4. The summed E-state index contributed by atoms with van der Waals surface area (Å²) in [4.78, 5) is 47.3. The number of esters is 2. The first-order valence-corrected chi connectivity index (χ1v) is 15.3. The molecule has 260 valence electrons. The molecule has 3 rings (SSSR count). The van der Waals surface area contributed by atoms with E-state index in [4.69, 9.17) is 37.4 Å². The van der Waals surface area contributed by atoms with Gasteiger partial charge in [0, 0.05) is 18.7 Å². The van der Waals surface area contributed by atoms with Crippen molar-refractivity contribution in [1.82, 2.24) is 0 Å². The fraction of sp³-hybridized carbons (Fsp3) is 0.344. The van der Waals surface area contributed by atoms with Gasteiger partial charge >= 0.3 is 18.1 Å². The molecule has 0 bridgehead atoms. The van der Waals surface area contributed by atoms with Crippen LogP contribution in [-0.4, -0.2) is 55.2 Å². The zero-order chi connectivity index (χ0) is 36.0. The second kappa shape index (κ2) is 18.8. The number of aryl methyl sites for hydroxylation is 2. The van der Waals surface area contributed by atoms with Gasteiger partial charge in [0.05, 0.1) is 27.8 Å². The first kappa shape index (κ1) is 39.8. The summed E-state index contributed by atoms with van der Waals surface area (Å²) in [6.45, 7) is 7.61. The van der Waals surface area contributed by atoms with Crippen molar-refractivity contribution in [2.24, 2.45) is 0 Å². The van der Waals surface area contributed by atoms with Crippen LogP contribution in [-0.2, 0) is 36.4 Å². The highest BCUT2D eigenvalue weighted by Crippen LogP contribution is 2.37. The minimum Gasteiger partial charge on any atom is -0.463 e. The number of anilines is 1. The lowest BCUT2D eigenvalue weighted by atomic mass is 10.0. The van der Waals surface area contributed by atoms with Gasteiger partial charge in [0.1, 0.15) is 29.7 Å². The summed E-state index contributed by atoms with van der Waals surface area (Å²) >= 11 is 11.5. The maximum absolute atomic E-state index is 12.7. The molecule has 0 aliphatic heterocycles. The molecule has 0 N–H and O–H groups in total. The number of alkyl halides is 4. The van der Waals surface area contributed by atoms with Crippen LogP contribution in [0.25, 0.3) is 0 Å². The predicted molar refractivity (Wildman–Crippen MR) is 172 cm³/mol. The van der Waals surface area contributed by atoms with Crippen LogP contribution in [0.15, 0.2) is 54.6 Å². The van der Waals surface area contributed by atoms with Gasteiger partial charge in [-0.3, -0.25) is 19.8 Å². The Kier molecular flexibility index (Phi) is 15.6. The summed E-state index contributed by atoms with van der Waals surface area (Å²) in [6, 6.07) is 11.4. The smallest absolute Gasteiger partial charge is 0.416 e. The first-order valence-electron chi connectivity index (χ1n) is 14.4. The molecule has 48 heavy (non-hydrogen) atoms. The SMILES string of the molecule is CCOC(=O)COC(=O)c1cc(Oc2ccc(C(F)(F)F)cc2Cl)ccc1[N+](=O)[O-].CCOCN(C(=O)CCl)c1c(C)cccc1CC. The minimum atomic E-state index is -4.61. The number of para-hydroxylation sites is 1. The Morgan fingerprint density at radius 2 is 1.69 bits per heavy atom. The Balaban J connectivity index is 0.000000379. The summed E-state index contributed by atoms with van der Waals surface area (Å²) in [5.41, 5.74) is 0.964. The number of carbonyl (C=O) groups is 3. The molecule has 16 heteroatoms. The van der Waals surface area contributed by atoms with Crippen molar-refractivity contribution < 1.29 is 51.4 Å². The Morgan fingerprint density at radius 3 is 2.25 bits per heavy atom. The zero-order valence-corrected chi connectivity index (χ0v) is 27.9. The van der Waals surface area contributed by atoms with Gasteiger partial charge in [-0.2, -0.15) is 13.2 Å². The molecule has 3 aromatic rings. The van der Waals surface area contributed by atoms with Crippen LogP contribution in [0.4, 0.5) is 24.5 Å². The van der Waals surface area contributed by atoms with E-state index >= 15 is 0 Å². The summed E-state index contributed by atoms with van der Waals surface area (Å²) < 4.78 is 58.2. The summed E-state index contributed by atoms with van der Waals surface area (Å²) in [5, 5.41) is 10.8. The molecule has 0 aliphatic rings. The normalized spacial score (nSPS) is 10.8. The largest absolute Gasteiger partial charge is 0.463 e. The van der Waals surface area contributed by atoms with Crippen molar-refractivity contribution in [1.29, 1.82) is 0 Å². The number of amides is 1. The Hall–Kier alpha value is -4.40. The topological polar surface area (TPSA) is 135 Å². The number of benzene rings is 3. The lowest BCUT2D eigenvalue weighted by molar-refractivity contribution is -0.385. The lowest BCUT2D eigenvalue weighted by Crippen LogP contribution is -2.35. The third kappa shape index (κ3) is 11.4. The average Bonchev–Trinajstić information content (AvgIpc) is 3.04. The van der Waals surface area contributed by atoms with Crippen LogP contribution in [0.3, 0.4) is 0 Å². The molecule has 0 aliphatic carbocycles. The molecule has 11 nitrogen and oxygen atoms in total. The van der Waals surface area contributed by atoms with E-state index in [9.17, 15) is 37.7 Å². The molecule has 0 atom stereocenters. The molecular formula is C32H33Cl2F3N2O9. The van der Waals surface area contributed by atoms with E-state index < -0.39 is 46.5 Å². The van der Waals surface area contributed by atoms with E-state index in [0.29, 0.717) is 12.7 Å². The molecule has 3 aromatic carbocycles. The molecule has 0 fully saturated rings. The van der Waals surface area contributed by atoms with Crippen molar-refractivity contribution in [3.8, 4) is 11.5 Å². The fourth-order valence-corrected chi connectivity index (χ4v) is 4.46. The molecule has 0 aromatic heterocycles. The van der Waals surface area contributed by atoms with E-state index in [-0.39, 0.29) is 41.6 Å². The van der Waals surface area contributed by atoms with Crippen molar-refractivity contribution in [3.05, 3.63) is 92.0 Å². The fourth-order valence-electron chi connectivity index (χ4n) is 4.10. The van der Waals surface area contributed by atoms with Crippen LogP contribution >= 0.6 is 23.2 Å². The van der Waals surface area contributed by atoms with E-state index in [0.717, 1.165) is 53.6 Å². The van der Waals surface area contributed by atoms with E-state index in [1.165, 1.54) is 6.92 Å². The van der Waals surface area contributed by atoms with Gasteiger partial charge in [0.25, 0.3) is 5.69 Å². The highest BCUT2D eigenvalue weighted by atomic mass is 35.5. The van der Waals surface area contributed by atoms with Crippen LogP contribution in [0.2, 0.25) is 5.02 Å². The van der Waals surface area contributed by atoms with Crippen molar-refractivity contribution in [3.63, 3.8) is 0 Å². The van der Waals surface area contributed by atoms with Crippen molar-refractivity contribution in [2.75, 3.05) is 37.3 Å². The molecule has 0 heterocycles. The van der Waals surface area contributed by atoms with Gasteiger partial charge in [0.2, 0.25) is 5.91 Å². The van der Waals surface area contributed by atoms with Crippen LogP contribution < -0.4 is 9.64 Å². The molecule has 0 saturated carbocycles. The third-order valence-electron chi connectivity index (χ3n) is 6.31. The maximum Gasteiger partial charge on any atom is 0.416 e. The standard InChI is InChI=1S/C18H13ClF3NO7.C14H20ClNO2/c1-2-28-16(24)9-29-17(25)12-8-11(4-5-14(12)23(26)27)30-15-6-3-10(7-13(15)19)18(20,21)22;1-4-12-8-6-7-11(3)14(12)16(10-18-5-2)13(17)9-15/h3-8H,2,9H2,1H3;6-8H,4-5,9-10H2,1-3H3. The molecule has 0 radical (unpaired) electrons. The van der Waals surface area contributed by atoms with Gasteiger partial charge in [-0.05, 0) is 62.6 Å². The molecule has 1 amide bonds. The number of ether oxygens (including phenoxy) is 4. The van der Waals surface area contributed by atoms with Gasteiger partial charge < -0.3 is 18.9 Å². The number of carbonyl (C=O) groups excluding carboxylic acids is 3. The average molecular weight is 718 g/mol. The molecular weight excluding hydrogens is 684 g/mol. The lowest BCUT2D eigenvalue weighted by Gasteiger charge is -2.25. The van der Waals surface area contributed by atoms with Gasteiger partial charge in [-0.1, -0.05) is 36.7 Å². The predicted octanol–water partition coefficient (Wildman–Crippen LogP) is 7.90. The van der Waals surface area contributed by atoms with Crippen molar-refractivity contribution >= 4 is 52.4 Å². The Bertz CT molecular complexity index is 1600. The number of nitro benzene ring substituents is 1. The highest BCUT2D eigenvalue weighted by molar-refractivity contribution is 6.32. The van der Waals surface area contributed by atoms with Crippen LogP contribution in [0.1, 0.15) is 47.8 Å². The Labute approximate surface area is 284 Å². The molecule has 0 saturated heterocycles. The first-order chi connectivity index (χ1) is 22.7. The van der Waals surface area contributed by atoms with Gasteiger partial charge in [-0.25, -0.2) is 9.59 Å². The quantitative estimate of drug-likeness (QED) is 0.0569. The molecule has 0 unspecified atom stereocenters. The number of hydrogen-bond donors (Lipinski definition) is 0. The van der Waals surface area contributed by atoms with Crippen molar-refractivity contribution in [2.45, 2.75) is 40.3 Å². The third-order valence-corrected chi connectivity index (χ3v) is 6.83. The van der Waals surface area contributed by atoms with Gasteiger partial charge in [-0.15, -0.1) is 11.6 Å². The number of nitro groups is 1. The summed E-state index contributed by atoms with van der Waals surface area (Å²) in [5.74, 6) is -2.52. The highest BCUT2D eigenvalue weighted by Gasteiger charge is 2.31. The number of rotatable bonds is 13.